The molecule has 3 fully saturated rings. The second-order valence-electron chi connectivity index (χ2n) is 29.8. The smallest absolute Gasteiger partial charge is 0.207 e. The number of halogens is 2. The Morgan fingerprint density at radius 1 is 0.426 bits per heavy atom. The van der Waals surface area contributed by atoms with E-state index in [1.54, 1.807) is 42.5 Å². The van der Waals surface area contributed by atoms with Crippen molar-refractivity contribution in [2.24, 2.45) is 17.8 Å². The minimum Gasteiger partial charge on any atom is -0.508 e. The Hall–Kier alpha value is -9.59. The number of alkyl halides is 2. The number of likely N-dealkylation sites (tertiary alicyclic amines) is 3. The molecule has 3 aliphatic heterocycles. The van der Waals surface area contributed by atoms with Crippen LogP contribution in [0.25, 0.3) is 41.4 Å². The molecule has 3 aliphatic rings. The highest BCUT2D eigenvalue weighted by Gasteiger charge is 2.31. The summed E-state index contributed by atoms with van der Waals surface area (Å²) in [6, 6.07) is 51.7. The van der Waals surface area contributed by atoms with Gasteiger partial charge in [-0.1, -0.05) is 96.4 Å². The highest BCUT2D eigenvalue weighted by Crippen LogP contribution is 2.47. The Kier molecular flexibility index (Phi) is 23.8. The lowest BCUT2D eigenvalue weighted by atomic mass is 9.92. The van der Waals surface area contributed by atoms with Crippen LogP contribution in [0.3, 0.4) is 0 Å². The van der Waals surface area contributed by atoms with E-state index in [1.165, 1.54) is 64.6 Å². The van der Waals surface area contributed by atoms with Gasteiger partial charge in [0.15, 0.2) is 11.5 Å². The molecule has 6 heterocycles. The molecule has 15 rings (SSSR count). The number of benzene rings is 9. The molecule has 1 atom stereocenters. The number of aryl methyl sites for hydroxylation is 9. The Balaban J connectivity index is 0.000000143. The molecular formula is C91H93F2N3O9S3. The second kappa shape index (κ2) is 33.5. The largest absolute Gasteiger partial charge is 0.508 e. The summed E-state index contributed by atoms with van der Waals surface area (Å²) < 4.78 is 46.4. The predicted octanol–water partition coefficient (Wildman–Crippen LogP) is 21.1. The number of phenolic OH excluding ortho intramolecular Hbond substituents is 3. The third kappa shape index (κ3) is 17.4. The summed E-state index contributed by atoms with van der Waals surface area (Å²) in [5.74, 6) is 4.76. The van der Waals surface area contributed by atoms with E-state index in [0.717, 1.165) is 167 Å². The SMILES string of the molecule is Cc1cc(C)c(C(=O)c2sc3cc(O)ccc3c2-c2ccc(OCCN3CC(CF)C3)cc2)c(C)c1.Cc1cc(C)c(C(=O)c2sc3cc(O)ccc3c2Oc2ccc(CCN3CC(CF)C3)cc2)c(C)c1.Cc1cc(C)c(C(=O)c2sc3cc(O)ccc3c2Oc2ccc(CCN3CC[C@H](C)C3)cc2)c(C)c1. The molecule has 3 N–H and O–H groups in total. The summed E-state index contributed by atoms with van der Waals surface area (Å²) in [6.07, 6.45) is 3.21. The van der Waals surface area contributed by atoms with Crippen LogP contribution in [0, 0.1) is 80.1 Å². The molecule has 3 aromatic heterocycles. The van der Waals surface area contributed by atoms with Crippen LogP contribution in [0.15, 0.2) is 164 Å². The quantitative estimate of drug-likeness (QED) is 0.0523. The summed E-state index contributed by atoms with van der Waals surface area (Å²) in [4.78, 5) is 50.2. The van der Waals surface area contributed by atoms with Gasteiger partial charge in [0.25, 0.3) is 0 Å². The minimum atomic E-state index is -0.247. The standard InChI is InChI=1S/C31H33NO3S.2C30H30FNO3S/c1-19-11-13-32(18-19)14-12-23-5-8-25(9-6-23)35-30-26-10-7-24(33)17-27(26)36-31(30)29(34)28-21(3)15-20(2)16-22(28)4;1-18-12-19(2)27(20(3)13-18)29(34)30-28(25-9-6-23(33)14-26(25)36-30)22-4-7-24(8-5-22)35-11-10-32-16-21(15-31)17-32;1-18-12-19(2)27(20(3)13-18)28(34)30-29(25-9-6-23(33)14-26(25)36-30)35-24-7-4-21(5-8-24)10-11-32-16-22(15-31)17-32/h5-10,15-17,19,33H,11-14,18H2,1-4H3;4-9,12-14,21,33H,10-11,15-17H2,1-3H3;4-9,12-14,22,33H,10-11,15-17H2,1-3H3/t19-;;/m0../s1. The Labute approximate surface area is 643 Å². The third-order valence-corrected chi connectivity index (χ3v) is 24.2. The van der Waals surface area contributed by atoms with Gasteiger partial charge in [0, 0.05) is 117 Å². The maximum Gasteiger partial charge on any atom is 0.207 e. The first-order valence-electron chi connectivity index (χ1n) is 37.1. The molecule has 17 heteroatoms. The van der Waals surface area contributed by atoms with Crippen LogP contribution in [0.1, 0.15) is 120 Å². The maximum absolute atomic E-state index is 13.9. The van der Waals surface area contributed by atoms with Crippen LogP contribution in [0.4, 0.5) is 8.78 Å². The van der Waals surface area contributed by atoms with Crippen molar-refractivity contribution >= 4 is 81.6 Å². The van der Waals surface area contributed by atoms with E-state index < -0.39 is 0 Å². The number of fused-ring (bicyclic) bond motifs is 3. The lowest BCUT2D eigenvalue weighted by molar-refractivity contribution is 0.0668. The number of hydrogen-bond donors (Lipinski definition) is 3. The fraction of sp³-hybridized carbons (Fsp3) is 0.308. The average molecular weight is 1510 g/mol. The average Bonchev–Trinajstić information content (AvgIpc) is 1.62. The molecule has 0 bridgehead atoms. The van der Waals surface area contributed by atoms with Gasteiger partial charge in [-0.05, 0) is 235 Å². The van der Waals surface area contributed by atoms with Crippen LogP contribution in [-0.2, 0) is 12.8 Å². The Bertz CT molecular complexity index is 5230. The number of hydrogen-bond acceptors (Lipinski definition) is 15. The van der Waals surface area contributed by atoms with Gasteiger partial charge in [-0.25, -0.2) is 0 Å². The molecule has 0 unspecified atom stereocenters. The molecule has 12 aromatic rings. The molecule has 9 aromatic carbocycles. The number of nitrogens with zero attached hydrogens (tertiary/aromatic N) is 3. The number of carbonyl (C=O) groups excluding carboxylic acids is 3. The van der Waals surface area contributed by atoms with Gasteiger partial charge in [0.05, 0.1) is 18.2 Å². The van der Waals surface area contributed by atoms with E-state index in [1.807, 2.05) is 172 Å². The van der Waals surface area contributed by atoms with Gasteiger partial charge >= 0.3 is 0 Å². The fourth-order valence-corrected chi connectivity index (χ4v) is 18.9. The number of ether oxygens (including phenoxy) is 3. The predicted molar refractivity (Wildman–Crippen MR) is 436 cm³/mol. The van der Waals surface area contributed by atoms with Gasteiger partial charge < -0.3 is 39.3 Å². The highest BCUT2D eigenvalue weighted by molar-refractivity contribution is 7.22. The Morgan fingerprint density at radius 2 is 0.787 bits per heavy atom. The van der Waals surface area contributed by atoms with Crippen molar-refractivity contribution < 1.29 is 52.7 Å². The van der Waals surface area contributed by atoms with Gasteiger partial charge in [0.2, 0.25) is 17.3 Å². The van der Waals surface area contributed by atoms with Crippen molar-refractivity contribution in [2.75, 3.05) is 78.9 Å². The van der Waals surface area contributed by atoms with Gasteiger partial charge in [0.1, 0.15) is 50.9 Å². The first-order valence-corrected chi connectivity index (χ1v) is 39.6. The molecule has 0 radical (unpaired) electrons. The van der Waals surface area contributed by atoms with Crippen LogP contribution in [0.5, 0.6) is 46.0 Å². The molecular weight excluding hydrogens is 1410 g/mol. The molecule has 108 heavy (non-hydrogen) atoms. The summed E-state index contributed by atoms with van der Waals surface area (Å²) in [7, 11) is 0. The lowest BCUT2D eigenvalue weighted by Gasteiger charge is -2.37. The zero-order valence-corrected chi connectivity index (χ0v) is 65.5. The van der Waals surface area contributed by atoms with Gasteiger partial charge in [-0.2, -0.15) is 0 Å². The molecule has 0 spiro atoms. The number of rotatable bonds is 23. The van der Waals surface area contributed by atoms with E-state index in [2.05, 4.69) is 33.8 Å². The summed E-state index contributed by atoms with van der Waals surface area (Å²) in [6.45, 7) is 28.8. The van der Waals surface area contributed by atoms with Crippen molar-refractivity contribution in [3.8, 4) is 57.1 Å². The van der Waals surface area contributed by atoms with E-state index in [0.29, 0.717) is 55.4 Å². The van der Waals surface area contributed by atoms with E-state index >= 15 is 0 Å². The van der Waals surface area contributed by atoms with Crippen molar-refractivity contribution in [3.63, 3.8) is 0 Å². The van der Waals surface area contributed by atoms with Crippen LogP contribution in [0.2, 0.25) is 0 Å². The third-order valence-electron chi connectivity index (χ3n) is 20.8. The van der Waals surface area contributed by atoms with Gasteiger partial charge in [-0.15, -0.1) is 34.0 Å². The number of aromatic hydroxyl groups is 3. The second-order valence-corrected chi connectivity index (χ2v) is 33.0. The number of phenols is 3. The topological polar surface area (TPSA) is 149 Å². The summed E-state index contributed by atoms with van der Waals surface area (Å²) >= 11 is 4.12. The molecule has 558 valence electrons. The monoisotopic (exact) mass is 1510 g/mol. The van der Waals surface area contributed by atoms with Crippen LogP contribution >= 0.6 is 34.0 Å². The van der Waals surface area contributed by atoms with Crippen molar-refractivity contribution in [1.29, 1.82) is 0 Å². The molecule has 3 saturated heterocycles. The minimum absolute atomic E-state index is 0.00199. The summed E-state index contributed by atoms with van der Waals surface area (Å²) in [5.41, 5.74) is 15.5. The first kappa shape index (κ1) is 76.6. The van der Waals surface area contributed by atoms with Crippen molar-refractivity contribution in [1.82, 2.24) is 14.7 Å². The van der Waals surface area contributed by atoms with Crippen LogP contribution < -0.4 is 14.2 Å². The van der Waals surface area contributed by atoms with E-state index in [9.17, 15) is 38.5 Å². The maximum atomic E-state index is 13.9. The highest BCUT2D eigenvalue weighted by atomic mass is 32.1. The zero-order chi connectivity index (χ0) is 76.2. The van der Waals surface area contributed by atoms with E-state index in [4.69, 9.17) is 14.2 Å². The number of thiophene rings is 3. The van der Waals surface area contributed by atoms with Crippen molar-refractivity contribution in [3.05, 3.63) is 256 Å². The fourth-order valence-electron chi connectivity index (χ4n) is 15.5. The van der Waals surface area contributed by atoms with E-state index in [-0.39, 0.29) is 59.8 Å². The molecule has 12 nitrogen and oxygen atoms in total. The normalized spacial score (nSPS) is 14.8. The van der Waals surface area contributed by atoms with Gasteiger partial charge in [-0.3, -0.25) is 28.1 Å². The van der Waals surface area contributed by atoms with Crippen molar-refractivity contribution in [2.45, 2.75) is 88.5 Å². The Morgan fingerprint density at radius 3 is 1.19 bits per heavy atom. The summed E-state index contributed by atoms with van der Waals surface area (Å²) in [5, 5.41) is 32.7. The number of ketones is 3. The zero-order valence-electron chi connectivity index (χ0n) is 63.0. The molecule has 0 saturated carbocycles. The number of carbonyl (C=O) groups is 3. The van der Waals surface area contributed by atoms with Crippen LogP contribution in [-0.4, -0.2) is 126 Å². The molecule has 0 aliphatic carbocycles. The molecule has 0 amide bonds. The lowest BCUT2D eigenvalue weighted by Crippen LogP contribution is -2.49. The first-order chi connectivity index (χ1) is 51.9.